The maximum atomic E-state index is 12.1. The summed E-state index contributed by atoms with van der Waals surface area (Å²) in [5.74, 6) is -0.452. The Hall–Kier alpha value is -3.13. The Morgan fingerprint density at radius 2 is 1.74 bits per heavy atom. The molecule has 116 valence electrons. The van der Waals surface area contributed by atoms with E-state index in [1.165, 1.54) is 6.92 Å². The first-order valence-electron chi connectivity index (χ1n) is 7.02. The minimum Gasteiger partial charge on any atom is -0.482 e. The molecule has 5 nitrogen and oxygen atoms in total. The van der Waals surface area contributed by atoms with E-state index in [1.807, 2.05) is 6.07 Å². The fourth-order valence-electron chi connectivity index (χ4n) is 1.89. The third-order valence-corrected chi connectivity index (χ3v) is 3.08. The van der Waals surface area contributed by atoms with Crippen molar-refractivity contribution >= 4 is 11.8 Å². The lowest BCUT2D eigenvalue weighted by atomic mass is 10.1. The van der Waals surface area contributed by atoms with E-state index < -0.39 is 12.1 Å². The number of hydrogen-bond acceptors (Lipinski definition) is 5. The normalized spacial score (nSPS) is 11.1. The molecule has 0 unspecified atom stereocenters. The van der Waals surface area contributed by atoms with Gasteiger partial charge in [0.25, 0.3) is 0 Å². The molecule has 0 N–H and O–H groups in total. The van der Waals surface area contributed by atoms with Crippen molar-refractivity contribution in [3.8, 4) is 11.8 Å². The molecule has 0 saturated heterocycles. The zero-order valence-electron chi connectivity index (χ0n) is 12.6. The van der Waals surface area contributed by atoms with Crippen LogP contribution in [0.2, 0.25) is 0 Å². The predicted octanol–water partition coefficient (Wildman–Crippen LogP) is 2.75. The van der Waals surface area contributed by atoms with E-state index >= 15 is 0 Å². The number of esters is 1. The molecule has 0 spiro atoms. The summed E-state index contributed by atoms with van der Waals surface area (Å²) in [5, 5.41) is 8.69. The molecule has 23 heavy (non-hydrogen) atoms. The number of carbonyl (C=O) groups excluding carboxylic acids is 2. The van der Waals surface area contributed by atoms with Gasteiger partial charge in [0, 0.05) is 5.56 Å². The van der Waals surface area contributed by atoms with Crippen LogP contribution in [0.25, 0.3) is 0 Å². The smallest absolute Gasteiger partial charge is 0.344 e. The van der Waals surface area contributed by atoms with E-state index in [0.29, 0.717) is 16.9 Å². The third-order valence-electron chi connectivity index (χ3n) is 3.08. The van der Waals surface area contributed by atoms with Crippen LogP contribution in [0.3, 0.4) is 0 Å². The highest BCUT2D eigenvalue weighted by atomic mass is 16.6. The summed E-state index contributed by atoms with van der Waals surface area (Å²) in [7, 11) is 0. The van der Waals surface area contributed by atoms with Crippen LogP contribution < -0.4 is 4.74 Å². The first-order chi connectivity index (χ1) is 11.1. The maximum Gasteiger partial charge on any atom is 0.344 e. The van der Waals surface area contributed by atoms with Crippen LogP contribution in [0.5, 0.6) is 5.75 Å². The standard InChI is InChI=1S/C18H15NO4/c1-13(18(21)15-5-3-2-4-6-15)23-17(20)12-22-16-9-7-14(11-19)8-10-16/h2-10,13H,12H2,1H3/t13-/m0/s1. The highest BCUT2D eigenvalue weighted by molar-refractivity contribution is 6.00. The molecule has 1 atom stereocenters. The molecule has 0 saturated carbocycles. The lowest BCUT2D eigenvalue weighted by molar-refractivity contribution is -0.148. The Kier molecular flexibility index (Phi) is 5.48. The lowest BCUT2D eigenvalue weighted by Gasteiger charge is -2.12. The summed E-state index contributed by atoms with van der Waals surface area (Å²) < 4.78 is 10.3. The zero-order chi connectivity index (χ0) is 16.7. The summed E-state index contributed by atoms with van der Waals surface area (Å²) >= 11 is 0. The average molecular weight is 309 g/mol. The highest BCUT2D eigenvalue weighted by Crippen LogP contribution is 2.12. The minimum absolute atomic E-state index is 0.266. The van der Waals surface area contributed by atoms with Gasteiger partial charge >= 0.3 is 5.97 Å². The first kappa shape index (κ1) is 16.2. The van der Waals surface area contributed by atoms with E-state index in [9.17, 15) is 9.59 Å². The molecular formula is C18H15NO4. The molecule has 0 heterocycles. The van der Waals surface area contributed by atoms with Gasteiger partial charge in [-0.3, -0.25) is 4.79 Å². The molecule has 0 aromatic heterocycles. The van der Waals surface area contributed by atoms with Gasteiger partial charge in [-0.05, 0) is 31.2 Å². The zero-order valence-corrected chi connectivity index (χ0v) is 12.6. The van der Waals surface area contributed by atoms with E-state index in [4.69, 9.17) is 14.7 Å². The van der Waals surface area contributed by atoms with Crippen LogP contribution in [0, 0.1) is 11.3 Å². The van der Waals surface area contributed by atoms with E-state index in [2.05, 4.69) is 0 Å². The minimum atomic E-state index is -0.880. The van der Waals surface area contributed by atoms with Gasteiger partial charge in [0.05, 0.1) is 11.6 Å². The summed E-state index contributed by atoms with van der Waals surface area (Å²) in [5.41, 5.74) is 0.989. The van der Waals surface area contributed by atoms with Crippen LogP contribution in [0.1, 0.15) is 22.8 Å². The monoisotopic (exact) mass is 309 g/mol. The van der Waals surface area contributed by atoms with Crippen molar-refractivity contribution < 1.29 is 19.1 Å². The fourth-order valence-corrected chi connectivity index (χ4v) is 1.89. The topological polar surface area (TPSA) is 76.4 Å². The Morgan fingerprint density at radius 3 is 2.35 bits per heavy atom. The van der Waals surface area contributed by atoms with Crippen molar-refractivity contribution in [1.82, 2.24) is 0 Å². The van der Waals surface area contributed by atoms with Crippen LogP contribution >= 0.6 is 0 Å². The van der Waals surface area contributed by atoms with Gasteiger partial charge in [0.1, 0.15) is 5.75 Å². The van der Waals surface area contributed by atoms with Crippen molar-refractivity contribution in [2.75, 3.05) is 6.61 Å². The Labute approximate surface area is 134 Å². The second-order valence-corrected chi connectivity index (χ2v) is 4.79. The van der Waals surface area contributed by atoms with Gasteiger partial charge in [-0.15, -0.1) is 0 Å². The first-order valence-corrected chi connectivity index (χ1v) is 7.02. The van der Waals surface area contributed by atoms with Gasteiger partial charge < -0.3 is 9.47 Å². The number of carbonyl (C=O) groups is 2. The molecule has 0 fully saturated rings. The van der Waals surface area contributed by atoms with Crippen molar-refractivity contribution in [2.24, 2.45) is 0 Å². The molecular weight excluding hydrogens is 294 g/mol. The van der Waals surface area contributed by atoms with Crippen molar-refractivity contribution in [3.63, 3.8) is 0 Å². The summed E-state index contributed by atoms with van der Waals surface area (Å²) in [6.07, 6.45) is -0.880. The maximum absolute atomic E-state index is 12.1. The average Bonchev–Trinajstić information content (AvgIpc) is 2.60. The molecule has 0 aliphatic rings. The number of rotatable bonds is 6. The SMILES string of the molecule is C[C@H](OC(=O)COc1ccc(C#N)cc1)C(=O)c1ccccc1. The molecule has 0 aliphatic carbocycles. The van der Waals surface area contributed by atoms with Crippen LogP contribution in [-0.4, -0.2) is 24.5 Å². The number of benzene rings is 2. The quantitative estimate of drug-likeness (QED) is 0.606. The molecule has 0 aliphatic heterocycles. The number of hydrogen-bond donors (Lipinski definition) is 0. The second-order valence-electron chi connectivity index (χ2n) is 4.79. The van der Waals surface area contributed by atoms with Gasteiger partial charge in [-0.25, -0.2) is 4.79 Å². The van der Waals surface area contributed by atoms with Gasteiger partial charge in [0.2, 0.25) is 5.78 Å². The molecule has 0 amide bonds. The van der Waals surface area contributed by atoms with Crippen molar-refractivity contribution in [1.29, 1.82) is 5.26 Å². The number of ketones is 1. The van der Waals surface area contributed by atoms with E-state index in [1.54, 1.807) is 54.6 Å². The Bertz CT molecular complexity index is 717. The molecule has 2 aromatic rings. The predicted molar refractivity (Wildman–Crippen MR) is 83.0 cm³/mol. The largest absolute Gasteiger partial charge is 0.482 e. The summed E-state index contributed by atoms with van der Waals surface area (Å²) in [4.78, 5) is 23.8. The lowest BCUT2D eigenvalue weighted by Crippen LogP contribution is -2.27. The summed E-state index contributed by atoms with van der Waals surface area (Å²) in [6.45, 7) is 1.22. The van der Waals surface area contributed by atoms with Crippen LogP contribution in [0.15, 0.2) is 54.6 Å². The fraction of sp³-hybridized carbons (Fsp3) is 0.167. The molecule has 2 rings (SSSR count). The van der Waals surface area contributed by atoms with Gasteiger partial charge in [0.15, 0.2) is 12.7 Å². The van der Waals surface area contributed by atoms with Gasteiger partial charge in [-0.2, -0.15) is 5.26 Å². The Balaban J connectivity index is 1.84. The molecule has 0 radical (unpaired) electrons. The van der Waals surface area contributed by atoms with E-state index in [0.717, 1.165) is 0 Å². The van der Waals surface area contributed by atoms with Crippen molar-refractivity contribution in [3.05, 3.63) is 65.7 Å². The second kappa shape index (κ2) is 7.76. The molecule has 5 heteroatoms. The number of Topliss-reactive ketones (excluding diaryl/α,β-unsaturated/α-hetero) is 1. The highest BCUT2D eigenvalue weighted by Gasteiger charge is 2.19. The number of ether oxygens (including phenoxy) is 2. The van der Waals surface area contributed by atoms with Crippen molar-refractivity contribution in [2.45, 2.75) is 13.0 Å². The van der Waals surface area contributed by atoms with Crippen LogP contribution in [0.4, 0.5) is 0 Å². The summed E-state index contributed by atoms with van der Waals surface area (Å²) in [6, 6.07) is 17.0. The number of nitriles is 1. The van der Waals surface area contributed by atoms with Crippen LogP contribution in [-0.2, 0) is 9.53 Å². The Morgan fingerprint density at radius 1 is 1.09 bits per heavy atom. The third kappa shape index (κ3) is 4.68. The van der Waals surface area contributed by atoms with Gasteiger partial charge in [-0.1, -0.05) is 30.3 Å². The molecule has 0 bridgehead atoms. The molecule has 2 aromatic carbocycles. The van der Waals surface area contributed by atoms with E-state index in [-0.39, 0.29) is 12.4 Å². The number of nitrogens with zero attached hydrogens (tertiary/aromatic N) is 1.